The molecule has 4 rings (SSSR count). The number of cyclic esters (lactones) is 1. The second kappa shape index (κ2) is 8.02. The number of benzene rings is 2. The molecule has 0 aliphatic carbocycles. The molecule has 1 amide bonds. The predicted molar refractivity (Wildman–Crippen MR) is 108 cm³/mol. The zero-order chi connectivity index (χ0) is 19.5. The maximum atomic E-state index is 12.8. The molecular weight excluding hydrogens is 378 g/mol. The van der Waals surface area contributed by atoms with Crippen molar-refractivity contribution in [2.45, 2.75) is 19.4 Å². The Balaban J connectivity index is 1.61. The molecule has 0 N–H and O–H groups in total. The summed E-state index contributed by atoms with van der Waals surface area (Å²) in [6.07, 6.45) is 0.958. The first-order chi connectivity index (χ1) is 13.6. The molecule has 0 bridgehead atoms. The van der Waals surface area contributed by atoms with Gasteiger partial charge in [-0.3, -0.25) is 4.79 Å². The van der Waals surface area contributed by atoms with Gasteiger partial charge in [0, 0.05) is 29.9 Å². The number of hydrogen-bond acceptors (Lipinski definition) is 4. The van der Waals surface area contributed by atoms with E-state index in [1.54, 1.807) is 4.90 Å². The lowest BCUT2D eigenvalue weighted by Gasteiger charge is -2.14. The van der Waals surface area contributed by atoms with Crippen LogP contribution in [0.5, 0.6) is 0 Å². The molecule has 0 spiro atoms. The Hall–Kier alpha value is -2.86. The van der Waals surface area contributed by atoms with Crippen LogP contribution in [0.4, 0.5) is 4.79 Å². The van der Waals surface area contributed by atoms with Crippen LogP contribution in [-0.2, 0) is 17.7 Å². The summed E-state index contributed by atoms with van der Waals surface area (Å²) >= 11 is 5.98. The van der Waals surface area contributed by atoms with E-state index in [4.69, 9.17) is 16.3 Å². The summed E-state index contributed by atoms with van der Waals surface area (Å²) in [5.74, 6) is 0. The Morgan fingerprint density at radius 1 is 1.00 bits per heavy atom. The lowest BCUT2D eigenvalue weighted by Crippen LogP contribution is -2.29. The number of fused-ring (bicyclic) bond motifs is 1. The van der Waals surface area contributed by atoms with Gasteiger partial charge in [0.15, 0.2) is 0 Å². The highest BCUT2D eigenvalue weighted by Gasteiger charge is 2.21. The molecule has 0 radical (unpaired) electrons. The average Bonchev–Trinajstić information content (AvgIpc) is 3.12. The van der Waals surface area contributed by atoms with Crippen molar-refractivity contribution in [1.82, 2.24) is 14.7 Å². The van der Waals surface area contributed by atoms with E-state index in [1.807, 2.05) is 48.5 Å². The van der Waals surface area contributed by atoms with Crippen molar-refractivity contribution in [3.05, 3.63) is 75.2 Å². The first kappa shape index (κ1) is 18.5. The fraction of sp³-hybridized carbons (Fsp3) is 0.286. The molecule has 0 atom stereocenters. The number of halogens is 1. The van der Waals surface area contributed by atoms with Crippen molar-refractivity contribution >= 4 is 28.5 Å². The second-order valence-electron chi connectivity index (χ2n) is 6.78. The van der Waals surface area contributed by atoms with Crippen LogP contribution in [0.2, 0.25) is 5.02 Å². The predicted octanol–water partition coefficient (Wildman–Crippen LogP) is 3.48. The Bertz CT molecular complexity index is 1060. The summed E-state index contributed by atoms with van der Waals surface area (Å²) in [6, 6.07) is 15.2. The largest absolute Gasteiger partial charge is 0.448 e. The van der Waals surface area contributed by atoms with Crippen LogP contribution in [0.1, 0.15) is 17.7 Å². The van der Waals surface area contributed by atoms with Gasteiger partial charge in [0.1, 0.15) is 6.61 Å². The molecule has 6 nitrogen and oxygen atoms in total. The monoisotopic (exact) mass is 397 g/mol. The van der Waals surface area contributed by atoms with Gasteiger partial charge in [0.25, 0.3) is 5.56 Å². The minimum atomic E-state index is -0.290. The van der Waals surface area contributed by atoms with Crippen molar-refractivity contribution in [2.75, 3.05) is 19.7 Å². The maximum Gasteiger partial charge on any atom is 0.409 e. The quantitative estimate of drug-likeness (QED) is 0.638. The second-order valence-corrected chi connectivity index (χ2v) is 7.22. The fourth-order valence-corrected chi connectivity index (χ4v) is 3.55. The number of nitrogens with zero attached hydrogens (tertiary/aromatic N) is 3. The number of rotatable bonds is 6. The molecular formula is C21H20ClN3O3. The van der Waals surface area contributed by atoms with Crippen LogP contribution in [0, 0.1) is 0 Å². The summed E-state index contributed by atoms with van der Waals surface area (Å²) in [4.78, 5) is 26.1. The van der Waals surface area contributed by atoms with Crippen molar-refractivity contribution in [2.24, 2.45) is 0 Å². The first-order valence-corrected chi connectivity index (χ1v) is 9.64. The van der Waals surface area contributed by atoms with Gasteiger partial charge >= 0.3 is 6.09 Å². The van der Waals surface area contributed by atoms with E-state index in [1.165, 1.54) is 4.68 Å². The SMILES string of the molecule is O=C1OCCN1CCCn1nc(Cc2ccc(Cl)cc2)c2ccccc2c1=O. The Morgan fingerprint density at radius 2 is 1.75 bits per heavy atom. The smallest absolute Gasteiger partial charge is 0.409 e. The number of ether oxygens (including phenoxy) is 1. The van der Waals surface area contributed by atoms with Crippen molar-refractivity contribution < 1.29 is 9.53 Å². The van der Waals surface area contributed by atoms with Gasteiger partial charge in [-0.15, -0.1) is 0 Å². The van der Waals surface area contributed by atoms with Crippen molar-refractivity contribution in [3.63, 3.8) is 0 Å². The van der Waals surface area contributed by atoms with E-state index in [-0.39, 0.29) is 11.7 Å². The highest BCUT2D eigenvalue weighted by molar-refractivity contribution is 6.30. The third-order valence-corrected chi connectivity index (χ3v) is 5.12. The number of aromatic nitrogens is 2. The van der Waals surface area contributed by atoms with Gasteiger partial charge in [0.05, 0.1) is 17.6 Å². The standard InChI is InChI=1S/C21H20ClN3O3/c22-16-8-6-15(7-9-16)14-19-17-4-1-2-5-18(17)20(26)25(23-19)11-3-10-24-12-13-28-21(24)27/h1-2,4-9H,3,10-14H2. The maximum absolute atomic E-state index is 12.8. The van der Waals surface area contributed by atoms with Crippen LogP contribution < -0.4 is 5.56 Å². The number of carbonyl (C=O) groups is 1. The van der Waals surface area contributed by atoms with Crippen LogP contribution >= 0.6 is 11.6 Å². The molecule has 2 heterocycles. The van der Waals surface area contributed by atoms with E-state index < -0.39 is 0 Å². The van der Waals surface area contributed by atoms with E-state index >= 15 is 0 Å². The normalized spacial score (nSPS) is 13.9. The molecule has 0 unspecified atom stereocenters. The minimum Gasteiger partial charge on any atom is -0.448 e. The Kier molecular flexibility index (Phi) is 5.30. The summed E-state index contributed by atoms with van der Waals surface area (Å²) in [6.45, 7) is 2.02. The molecule has 0 saturated carbocycles. The fourth-order valence-electron chi connectivity index (χ4n) is 3.42. The molecule has 1 saturated heterocycles. The van der Waals surface area contributed by atoms with Crippen LogP contribution in [-0.4, -0.2) is 40.5 Å². The molecule has 7 heteroatoms. The summed E-state index contributed by atoms with van der Waals surface area (Å²) in [7, 11) is 0. The molecule has 1 fully saturated rings. The van der Waals surface area contributed by atoms with Gasteiger partial charge < -0.3 is 9.64 Å². The van der Waals surface area contributed by atoms with Crippen LogP contribution in [0.15, 0.2) is 53.3 Å². The van der Waals surface area contributed by atoms with E-state index in [0.717, 1.165) is 16.6 Å². The summed E-state index contributed by atoms with van der Waals surface area (Å²) in [5, 5.41) is 6.84. The van der Waals surface area contributed by atoms with Crippen LogP contribution in [0.3, 0.4) is 0 Å². The molecule has 1 aliphatic heterocycles. The molecule has 28 heavy (non-hydrogen) atoms. The van der Waals surface area contributed by atoms with Crippen molar-refractivity contribution in [1.29, 1.82) is 0 Å². The van der Waals surface area contributed by atoms with Gasteiger partial charge in [-0.2, -0.15) is 5.10 Å². The average molecular weight is 398 g/mol. The zero-order valence-electron chi connectivity index (χ0n) is 15.3. The third kappa shape index (κ3) is 3.87. The summed E-state index contributed by atoms with van der Waals surface area (Å²) in [5.41, 5.74) is 1.81. The van der Waals surface area contributed by atoms with E-state index in [0.29, 0.717) is 49.5 Å². The first-order valence-electron chi connectivity index (χ1n) is 9.27. The van der Waals surface area contributed by atoms with Crippen molar-refractivity contribution in [3.8, 4) is 0 Å². The van der Waals surface area contributed by atoms with Gasteiger partial charge in [-0.25, -0.2) is 9.48 Å². The number of amides is 1. The number of hydrogen-bond donors (Lipinski definition) is 0. The van der Waals surface area contributed by atoms with Gasteiger partial charge in [-0.05, 0) is 30.2 Å². The molecule has 3 aromatic rings. The lowest BCUT2D eigenvalue weighted by molar-refractivity contribution is 0.157. The Labute approximate surface area is 167 Å². The van der Waals surface area contributed by atoms with Gasteiger partial charge in [0.2, 0.25) is 0 Å². The van der Waals surface area contributed by atoms with Crippen LogP contribution in [0.25, 0.3) is 10.8 Å². The number of aryl methyl sites for hydroxylation is 1. The van der Waals surface area contributed by atoms with E-state index in [2.05, 4.69) is 5.10 Å². The van der Waals surface area contributed by atoms with Gasteiger partial charge in [-0.1, -0.05) is 41.9 Å². The molecule has 1 aromatic heterocycles. The topological polar surface area (TPSA) is 64.4 Å². The summed E-state index contributed by atoms with van der Waals surface area (Å²) < 4.78 is 6.45. The highest BCUT2D eigenvalue weighted by atomic mass is 35.5. The Morgan fingerprint density at radius 3 is 2.46 bits per heavy atom. The minimum absolute atomic E-state index is 0.112. The number of carbonyl (C=O) groups excluding carboxylic acids is 1. The molecule has 1 aliphatic rings. The molecule has 144 valence electrons. The zero-order valence-corrected chi connectivity index (χ0v) is 16.1. The molecule has 2 aromatic carbocycles. The van der Waals surface area contributed by atoms with E-state index in [9.17, 15) is 9.59 Å². The highest BCUT2D eigenvalue weighted by Crippen LogP contribution is 2.18. The lowest BCUT2D eigenvalue weighted by atomic mass is 10.0. The third-order valence-electron chi connectivity index (χ3n) is 4.87.